The second-order valence-electron chi connectivity index (χ2n) is 4.95. The topological polar surface area (TPSA) is 57.3 Å². The van der Waals surface area contributed by atoms with Crippen molar-refractivity contribution >= 4 is 0 Å². The van der Waals surface area contributed by atoms with Crippen LogP contribution in [0.5, 0.6) is 6.08 Å². The number of methoxy groups -OCH3 is 1. The van der Waals surface area contributed by atoms with Gasteiger partial charge in [0.15, 0.2) is 0 Å². The minimum absolute atomic E-state index is 0.0299. The molecule has 3 rings (SSSR count). The van der Waals surface area contributed by atoms with Crippen molar-refractivity contribution in [1.29, 1.82) is 0 Å². The molecule has 0 unspecified atom stereocenters. The minimum Gasteiger partial charge on any atom is -0.452 e. The van der Waals surface area contributed by atoms with Gasteiger partial charge in [0.2, 0.25) is 0 Å². The second-order valence-corrected chi connectivity index (χ2v) is 4.95. The Morgan fingerprint density at radius 1 is 1.05 bits per heavy atom. The van der Waals surface area contributed by atoms with E-state index in [0.29, 0.717) is 0 Å². The Bertz CT molecular complexity index is 804. The summed E-state index contributed by atoms with van der Waals surface area (Å²) in [4.78, 5) is 11.8. The van der Waals surface area contributed by atoms with Gasteiger partial charge in [-0.2, -0.15) is 4.68 Å². The molecule has 0 aliphatic rings. The molecule has 1 heterocycles. The van der Waals surface area contributed by atoms with Crippen molar-refractivity contribution in [1.82, 2.24) is 9.78 Å². The Morgan fingerprint density at radius 2 is 1.68 bits per heavy atom. The van der Waals surface area contributed by atoms with Crippen LogP contribution in [-0.2, 0) is 0 Å². The van der Waals surface area contributed by atoms with Gasteiger partial charge in [-0.25, -0.2) is 4.79 Å². The summed E-state index contributed by atoms with van der Waals surface area (Å²) in [5.41, 5.74) is 3.25. The molecule has 5 nitrogen and oxygen atoms in total. The van der Waals surface area contributed by atoms with E-state index in [4.69, 9.17) is 9.15 Å². The Hall–Kier alpha value is -2.82. The quantitative estimate of drug-likeness (QED) is 0.742. The fourth-order valence-corrected chi connectivity index (χ4v) is 2.32. The fraction of sp³-hybridized carbons (Fsp3) is 0.176. The highest BCUT2D eigenvalue weighted by molar-refractivity contribution is 5.63. The molecule has 3 aromatic rings. The van der Waals surface area contributed by atoms with Gasteiger partial charge in [0, 0.05) is 0 Å². The minimum atomic E-state index is -0.531. The lowest BCUT2D eigenvalue weighted by Crippen LogP contribution is -2.20. The van der Waals surface area contributed by atoms with Gasteiger partial charge in [0.05, 0.1) is 13.2 Å². The van der Waals surface area contributed by atoms with Crippen molar-refractivity contribution in [3.63, 3.8) is 0 Å². The number of hydrogen-bond donors (Lipinski definition) is 0. The van der Waals surface area contributed by atoms with E-state index in [9.17, 15) is 4.79 Å². The van der Waals surface area contributed by atoms with Gasteiger partial charge in [0.25, 0.3) is 0 Å². The lowest BCUT2D eigenvalue weighted by molar-refractivity contribution is 0.282. The smallest absolute Gasteiger partial charge is 0.440 e. The predicted octanol–water partition coefficient (Wildman–Crippen LogP) is 3.12. The molecule has 2 aromatic carbocycles. The van der Waals surface area contributed by atoms with E-state index < -0.39 is 5.76 Å². The highest BCUT2D eigenvalue weighted by Gasteiger charge is 2.16. The number of benzene rings is 2. The summed E-state index contributed by atoms with van der Waals surface area (Å²) in [6, 6.07) is 17.9. The lowest BCUT2D eigenvalue weighted by atomic mass is 10.0. The van der Waals surface area contributed by atoms with Crippen molar-refractivity contribution in [3.8, 4) is 17.2 Å². The van der Waals surface area contributed by atoms with Crippen molar-refractivity contribution in [3.05, 3.63) is 70.7 Å². The van der Waals surface area contributed by atoms with E-state index in [1.54, 1.807) is 0 Å². The highest BCUT2D eigenvalue weighted by Crippen LogP contribution is 2.23. The van der Waals surface area contributed by atoms with Crippen molar-refractivity contribution in [2.24, 2.45) is 0 Å². The molecule has 0 amide bonds. The van der Waals surface area contributed by atoms with E-state index in [0.717, 1.165) is 16.7 Å². The molecule has 1 aromatic heterocycles. The lowest BCUT2D eigenvalue weighted by Gasteiger charge is -2.11. The molecule has 0 spiro atoms. The monoisotopic (exact) mass is 296 g/mol. The number of aromatic nitrogens is 2. The van der Waals surface area contributed by atoms with Gasteiger partial charge >= 0.3 is 11.8 Å². The molecular formula is C17H16N2O3. The zero-order valence-electron chi connectivity index (χ0n) is 12.4. The molecular weight excluding hydrogens is 280 g/mol. The summed E-state index contributed by atoms with van der Waals surface area (Å²) >= 11 is 0. The van der Waals surface area contributed by atoms with Crippen molar-refractivity contribution in [2.45, 2.75) is 13.0 Å². The van der Waals surface area contributed by atoms with Gasteiger partial charge in [-0.05, 0) is 23.6 Å². The molecule has 112 valence electrons. The van der Waals surface area contributed by atoms with Gasteiger partial charge in [0.1, 0.15) is 0 Å². The molecule has 0 saturated carbocycles. The summed E-state index contributed by atoms with van der Waals surface area (Å²) in [5.74, 6) is -0.531. The van der Waals surface area contributed by atoms with Gasteiger partial charge in [-0.15, -0.1) is 0 Å². The van der Waals surface area contributed by atoms with Gasteiger partial charge in [-0.3, -0.25) is 0 Å². The molecule has 22 heavy (non-hydrogen) atoms. The number of ether oxygens (including phenoxy) is 1. The number of rotatable bonds is 4. The summed E-state index contributed by atoms with van der Waals surface area (Å²) < 4.78 is 11.0. The van der Waals surface area contributed by atoms with E-state index in [1.807, 2.05) is 49.4 Å². The third-order valence-electron chi connectivity index (χ3n) is 3.59. The maximum absolute atomic E-state index is 11.8. The maximum atomic E-state index is 11.8. The third kappa shape index (κ3) is 2.65. The first kappa shape index (κ1) is 14.1. The van der Waals surface area contributed by atoms with Crippen LogP contribution in [0.3, 0.4) is 0 Å². The van der Waals surface area contributed by atoms with Gasteiger partial charge in [-0.1, -0.05) is 59.7 Å². The largest absolute Gasteiger partial charge is 0.452 e. The molecule has 0 N–H and O–H groups in total. The number of hydrogen-bond acceptors (Lipinski definition) is 4. The van der Waals surface area contributed by atoms with E-state index in [-0.39, 0.29) is 12.1 Å². The highest BCUT2D eigenvalue weighted by atomic mass is 16.6. The van der Waals surface area contributed by atoms with Crippen LogP contribution < -0.4 is 10.5 Å². The Kier molecular flexibility index (Phi) is 3.78. The SMILES string of the molecule is COc1nn([C@H](C)c2ccc(-c3ccccc3)cc2)c(=O)o1. The summed E-state index contributed by atoms with van der Waals surface area (Å²) in [5, 5.41) is 4.00. The number of nitrogens with zero attached hydrogens (tertiary/aromatic N) is 2. The Balaban J connectivity index is 1.89. The van der Waals surface area contributed by atoms with Crippen LogP contribution in [0.1, 0.15) is 18.5 Å². The Labute approximate surface area is 127 Å². The standard InChI is InChI=1S/C17H16N2O3/c1-12(19-17(20)22-16(18-19)21-2)13-8-10-15(11-9-13)14-6-4-3-5-7-14/h3-12H,1-2H3/t12-/m1/s1. The first-order chi connectivity index (χ1) is 10.7. The average Bonchev–Trinajstić information content (AvgIpc) is 2.96. The molecule has 0 bridgehead atoms. The normalized spacial score (nSPS) is 12.1. The first-order valence-corrected chi connectivity index (χ1v) is 6.98. The van der Waals surface area contributed by atoms with Crippen LogP contribution in [0, 0.1) is 0 Å². The Morgan fingerprint density at radius 3 is 2.27 bits per heavy atom. The molecule has 0 fully saturated rings. The summed E-state index contributed by atoms with van der Waals surface area (Å²) in [6.45, 7) is 1.89. The molecule has 0 radical (unpaired) electrons. The zero-order valence-corrected chi connectivity index (χ0v) is 12.4. The van der Waals surface area contributed by atoms with Crippen LogP contribution >= 0.6 is 0 Å². The summed E-state index contributed by atoms with van der Waals surface area (Å²) in [6.07, 6.45) is -0.0299. The zero-order chi connectivity index (χ0) is 15.5. The second kappa shape index (κ2) is 5.89. The predicted molar refractivity (Wildman–Crippen MR) is 83.0 cm³/mol. The molecule has 1 atom stereocenters. The van der Waals surface area contributed by atoms with Crippen LogP contribution in [-0.4, -0.2) is 16.9 Å². The van der Waals surface area contributed by atoms with E-state index in [1.165, 1.54) is 11.8 Å². The van der Waals surface area contributed by atoms with Gasteiger partial charge < -0.3 is 9.15 Å². The summed E-state index contributed by atoms with van der Waals surface area (Å²) in [7, 11) is 1.41. The molecule has 0 saturated heterocycles. The first-order valence-electron chi connectivity index (χ1n) is 6.98. The van der Waals surface area contributed by atoms with Crippen molar-refractivity contribution in [2.75, 3.05) is 7.11 Å². The molecule has 0 aliphatic carbocycles. The van der Waals surface area contributed by atoms with Crippen LogP contribution in [0.2, 0.25) is 0 Å². The van der Waals surface area contributed by atoms with Crippen LogP contribution in [0.4, 0.5) is 0 Å². The van der Waals surface area contributed by atoms with Crippen LogP contribution in [0.25, 0.3) is 11.1 Å². The molecule has 0 aliphatic heterocycles. The van der Waals surface area contributed by atoms with E-state index in [2.05, 4.69) is 17.2 Å². The fourth-order valence-electron chi connectivity index (χ4n) is 2.32. The van der Waals surface area contributed by atoms with Crippen molar-refractivity contribution < 1.29 is 9.15 Å². The van der Waals surface area contributed by atoms with E-state index >= 15 is 0 Å². The maximum Gasteiger partial charge on any atom is 0.440 e. The average molecular weight is 296 g/mol. The van der Waals surface area contributed by atoms with Crippen LogP contribution in [0.15, 0.2) is 63.8 Å². The molecule has 5 heteroatoms. The third-order valence-corrected chi connectivity index (χ3v) is 3.59.